The van der Waals surface area contributed by atoms with Crippen molar-refractivity contribution >= 4 is 34.7 Å². The van der Waals surface area contributed by atoms with Gasteiger partial charge in [0.05, 0.1) is 10.4 Å². The Morgan fingerprint density at radius 2 is 1.77 bits per heavy atom. The molecule has 0 radical (unpaired) electrons. The molecule has 1 aromatic carbocycles. The van der Waals surface area contributed by atoms with Gasteiger partial charge < -0.3 is 14.7 Å². The molecular formula is C24H24N4O2S. The van der Waals surface area contributed by atoms with E-state index >= 15 is 0 Å². The average Bonchev–Trinajstić information content (AvgIpc) is 3.43. The number of aromatic nitrogens is 1. The Labute approximate surface area is 185 Å². The molecule has 2 aromatic heterocycles. The van der Waals surface area contributed by atoms with Crippen molar-refractivity contribution in [3.8, 4) is 0 Å². The highest BCUT2D eigenvalue weighted by atomic mass is 32.1. The lowest BCUT2D eigenvalue weighted by Crippen LogP contribution is -2.36. The summed E-state index contributed by atoms with van der Waals surface area (Å²) in [7, 11) is 0. The van der Waals surface area contributed by atoms with E-state index in [4.69, 9.17) is 0 Å². The van der Waals surface area contributed by atoms with Crippen molar-refractivity contribution in [2.24, 2.45) is 0 Å². The number of carbonyl (C=O) groups is 2. The number of hydrogen-bond acceptors (Lipinski definition) is 5. The second-order valence-electron chi connectivity index (χ2n) is 7.82. The van der Waals surface area contributed by atoms with Crippen LogP contribution in [0.1, 0.15) is 32.0 Å². The van der Waals surface area contributed by atoms with Gasteiger partial charge in [0.2, 0.25) is 0 Å². The zero-order valence-electron chi connectivity index (χ0n) is 17.2. The number of benzene rings is 1. The molecule has 158 valence electrons. The summed E-state index contributed by atoms with van der Waals surface area (Å²) < 4.78 is 0. The number of rotatable bonds is 3. The molecule has 5 rings (SSSR count). The fraction of sp³-hybridized carbons (Fsp3) is 0.292. The molecule has 31 heavy (non-hydrogen) atoms. The van der Waals surface area contributed by atoms with Crippen LogP contribution in [0, 0.1) is 0 Å². The maximum absolute atomic E-state index is 13.5. The van der Waals surface area contributed by atoms with Crippen LogP contribution >= 0.6 is 11.3 Å². The van der Waals surface area contributed by atoms with Gasteiger partial charge in [0.25, 0.3) is 11.8 Å². The van der Waals surface area contributed by atoms with E-state index in [-0.39, 0.29) is 11.8 Å². The van der Waals surface area contributed by atoms with E-state index in [9.17, 15) is 9.59 Å². The number of fused-ring (bicyclic) bond motifs is 1. The van der Waals surface area contributed by atoms with Crippen LogP contribution in [-0.2, 0) is 6.42 Å². The Kier molecular flexibility index (Phi) is 5.42. The molecule has 2 aliphatic heterocycles. The van der Waals surface area contributed by atoms with Crippen LogP contribution in [0.25, 0.3) is 0 Å². The monoisotopic (exact) mass is 432 g/mol. The highest BCUT2D eigenvalue weighted by Gasteiger charge is 2.29. The van der Waals surface area contributed by atoms with Gasteiger partial charge in [-0.3, -0.25) is 9.59 Å². The summed E-state index contributed by atoms with van der Waals surface area (Å²) in [5.74, 6) is 0.786. The lowest BCUT2D eigenvalue weighted by atomic mass is 10.1. The van der Waals surface area contributed by atoms with Crippen LogP contribution < -0.4 is 9.80 Å². The standard InChI is InChI=1S/C24H24N4O2S/c29-23(28-14-10-18-6-1-2-8-20(18)28)19-7-3-11-25-22(19)26-12-5-13-27(16-15-26)24(30)21-9-4-17-31-21/h1-4,6-9,11,17H,5,10,12-16H2. The second kappa shape index (κ2) is 8.51. The van der Waals surface area contributed by atoms with Crippen molar-refractivity contribution in [3.05, 3.63) is 76.1 Å². The van der Waals surface area contributed by atoms with Crippen LogP contribution in [0.4, 0.5) is 11.5 Å². The Morgan fingerprint density at radius 3 is 2.65 bits per heavy atom. The molecule has 1 fully saturated rings. The molecule has 0 unspecified atom stereocenters. The van der Waals surface area contributed by atoms with Gasteiger partial charge in [-0.2, -0.15) is 0 Å². The third kappa shape index (κ3) is 3.81. The van der Waals surface area contributed by atoms with Crippen LogP contribution in [0.2, 0.25) is 0 Å². The number of hydrogen-bond donors (Lipinski definition) is 0. The summed E-state index contributed by atoms with van der Waals surface area (Å²) in [6, 6.07) is 15.6. The molecule has 1 saturated heterocycles. The third-order valence-corrected chi connectivity index (χ3v) is 6.82. The minimum absolute atomic E-state index is 0.0104. The van der Waals surface area contributed by atoms with E-state index < -0.39 is 0 Å². The highest BCUT2D eigenvalue weighted by Crippen LogP contribution is 2.31. The summed E-state index contributed by atoms with van der Waals surface area (Å²) in [6.07, 6.45) is 3.46. The largest absolute Gasteiger partial charge is 0.354 e. The number of nitrogens with zero attached hydrogens (tertiary/aromatic N) is 4. The van der Waals surface area contributed by atoms with Crippen LogP contribution in [0.3, 0.4) is 0 Å². The van der Waals surface area contributed by atoms with Gasteiger partial charge in [0.1, 0.15) is 5.82 Å². The van der Waals surface area contributed by atoms with E-state index in [0.717, 1.165) is 30.0 Å². The van der Waals surface area contributed by atoms with Gasteiger partial charge in [0.15, 0.2) is 0 Å². The first-order valence-corrected chi connectivity index (χ1v) is 11.5. The van der Waals surface area contributed by atoms with Gasteiger partial charge >= 0.3 is 0 Å². The molecule has 3 aromatic rings. The molecule has 6 nitrogen and oxygen atoms in total. The van der Waals surface area contributed by atoms with E-state index in [2.05, 4.69) is 16.0 Å². The molecule has 4 heterocycles. The first-order valence-electron chi connectivity index (χ1n) is 10.6. The second-order valence-corrected chi connectivity index (χ2v) is 8.77. The number of anilines is 2. The normalized spacial score (nSPS) is 16.2. The molecule has 2 aliphatic rings. The van der Waals surface area contributed by atoms with Gasteiger partial charge in [-0.15, -0.1) is 11.3 Å². The Bertz CT molecular complexity index is 1100. The van der Waals surface area contributed by atoms with Gasteiger partial charge in [-0.1, -0.05) is 24.3 Å². The number of pyridine rings is 1. The minimum Gasteiger partial charge on any atom is -0.354 e. The van der Waals surface area contributed by atoms with Crippen LogP contribution in [0.5, 0.6) is 0 Å². The molecule has 0 spiro atoms. The number of thiophene rings is 1. The minimum atomic E-state index is -0.0104. The van der Waals surface area contributed by atoms with Crippen LogP contribution in [-0.4, -0.2) is 54.4 Å². The van der Waals surface area contributed by atoms with E-state index in [1.807, 2.05) is 57.6 Å². The predicted octanol–water partition coefficient (Wildman–Crippen LogP) is 3.70. The van der Waals surface area contributed by atoms with Gasteiger partial charge in [0, 0.05) is 44.6 Å². The molecule has 0 saturated carbocycles. The fourth-order valence-corrected chi connectivity index (χ4v) is 5.09. The molecule has 0 aliphatic carbocycles. The van der Waals surface area contributed by atoms with Gasteiger partial charge in [-0.25, -0.2) is 4.98 Å². The summed E-state index contributed by atoms with van der Waals surface area (Å²) >= 11 is 1.48. The van der Waals surface area contributed by atoms with Crippen molar-refractivity contribution in [2.75, 3.05) is 42.5 Å². The number of amides is 2. The highest BCUT2D eigenvalue weighted by molar-refractivity contribution is 7.12. The molecular weight excluding hydrogens is 408 g/mol. The molecule has 0 N–H and O–H groups in total. The first-order chi connectivity index (χ1) is 15.2. The maximum Gasteiger partial charge on any atom is 0.263 e. The average molecular weight is 433 g/mol. The Morgan fingerprint density at radius 1 is 0.871 bits per heavy atom. The quantitative estimate of drug-likeness (QED) is 0.633. The summed E-state index contributed by atoms with van der Waals surface area (Å²) in [6.45, 7) is 3.44. The molecule has 2 amide bonds. The van der Waals surface area contributed by atoms with Crippen molar-refractivity contribution in [2.45, 2.75) is 12.8 Å². The Hall–Kier alpha value is -3.19. The first kappa shape index (κ1) is 19.8. The lowest BCUT2D eigenvalue weighted by molar-refractivity contribution is 0.0771. The van der Waals surface area contributed by atoms with E-state index in [1.54, 1.807) is 6.20 Å². The molecule has 7 heteroatoms. The zero-order chi connectivity index (χ0) is 21.2. The third-order valence-electron chi connectivity index (χ3n) is 5.96. The van der Waals surface area contributed by atoms with E-state index in [1.165, 1.54) is 16.9 Å². The lowest BCUT2D eigenvalue weighted by Gasteiger charge is -2.26. The van der Waals surface area contributed by atoms with Crippen molar-refractivity contribution in [1.82, 2.24) is 9.88 Å². The van der Waals surface area contributed by atoms with Crippen LogP contribution in [0.15, 0.2) is 60.1 Å². The van der Waals surface area contributed by atoms with Crippen molar-refractivity contribution in [1.29, 1.82) is 0 Å². The fourth-order valence-electron chi connectivity index (χ4n) is 4.40. The Balaban J connectivity index is 1.36. The van der Waals surface area contributed by atoms with Crippen molar-refractivity contribution in [3.63, 3.8) is 0 Å². The summed E-state index contributed by atoms with van der Waals surface area (Å²) in [5, 5.41) is 1.93. The maximum atomic E-state index is 13.5. The molecule has 0 bridgehead atoms. The zero-order valence-corrected chi connectivity index (χ0v) is 18.1. The summed E-state index contributed by atoms with van der Waals surface area (Å²) in [4.78, 5) is 37.5. The SMILES string of the molecule is O=C(c1cccs1)N1CCCN(c2ncccc2C(=O)N2CCc3ccccc32)CC1. The van der Waals surface area contributed by atoms with E-state index in [0.29, 0.717) is 37.6 Å². The smallest absolute Gasteiger partial charge is 0.263 e. The van der Waals surface area contributed by atoms with Crippen molar-refractivity contribution < 1.29 is 9.59 Å². The van der Waals surface area contributed by atoms with Gasteiger partial charge in [-0.05, 0) is 48.1 Å². The number of para-hydroxylation sites is 1. The summed E-state index contributed by atoms with van der Waals surface area (Å²) in [5.41, 5.74) is 2.82. The predicted molar refractivity (Wildman–Crippen MR) is 123 cm³/mol. The number of carbonyl (C=O) groups excluding carboxylic acids is 2. The topological polar surface area (TPSA) is 56.8 Å². The molecule has 0 atom stereocenters.